The Hall–Kier alpha value is -1.84. The number of fused-ring (bicyclic) bond motifs is 1. The van der Waals surface area contributed by atoms with Crippen LogP contribution in [0.3, 0.4) is 0 Å². The summed E-state index contributed by atoms with van der Waals surface area (Å²) < 4.78 is 5.53. The van der Waals surface area contributed by atoms with Gasteiger partial charge in [0.05, 0.1) is 4.92 Å². The Morgan fingerprint density at radius 2 is 2.40 bits per heavy atom. The molecule has 0 aromatic heterocycles. The first kappa shape index (κ1) is 9.71. The molecular formula is C11H11NO3. The number of nitrogens with zero attached hydrogens (tertiary/aromatic N) is 1. The van der Waals surface area contributed by atoms with Gasteiger partial charge in [-0.05, 0) is 30.2 Å². The van der Waals surface area contributed by atoms with Gasteiger partial charge in [0.1, 0.15) is 11.9 Å². The molecule has 15 heavy (non-hydrogen) atoms. The number of hydrogen-bond acceptors (Lipinski definition) is 3. The van der Waals surface area contributed by atoms with Crippen LogP contribution >= 0.6 is 0 Å². The van der Waals surface area contributed by atoms with Gasteiger partial charge in [0.15, 0.2) is 0 Å². The minimum Gasteiger partial charge on any atom is -0.490 e. The Kier molecular flexibility index (Phi) is 2.41. The highest BCUT2D eigenvalue weighted by molar-refractivity contribution is 5.53. The quantitative estimate of drug-likeness (QED) is 0.549. The molecule has 0 unspecified atom stereocenters. The van der Waals surface area contributed by atoms with Crippen molar-refractivity contribution >= 4 is 6.08 Å². The molecule has 78 valence electrons. The van der Waals surface area contributed by atoms with Crippen LogP contribution in [0.4, 0.5) is 0 Å². The first-order valence-electron chi connectivity index (χ1n) is 4.76. The van der Waals surface area contributed by atoms with Gasteiger partial charge in [0.2, 0.25) is 6.20 Å². The third-order valence-electron chi connectivity index (χ3n) is 2.31. The zero-order valence-corrected chi connectivity index (χ0v) is 8.34. The van der Waals surface area contributed by atoms with Crippen LogP contribution in [-0.4, -0.2) is 11.0 Å². The minimum atomic E-state index is -0.466. The summed E-state index contributed by atoms with van der Waals surface area (Å²) in [5.74, 6) is 0.890. The summed E-state index contributed by atoms with van der Waals surface area (Å²) in [5, 5.41) is 10.2. The van der Waals surface area contributed by atoms with Gasteiger partial charge in [-0.1, -0.05) is 6.07 Å². The third-order valence-corrected chi connectivity index (χ3v) is 2.31. The minimum absolute atomic E-state index is 0.203. The molecule has 0 bridgehead atoms. The van der Waals surface area contributed by atoms with Crippen LogP contribution < -0.4 is 4.74 Å². The molecule has 1 aliphatic heterocycles. The van der Waals surface area contributed by atoms with E-state index in [0.29, 0.717) is 0 Å². The first-order valence-corrected chi connectivity index (χ1v) is 4.76. The molecule has 0 saturated carbocycles. The lowest BCUT2D eigenvalue weighted by molar-refractivity contribution is -0.400. The second-order valence-electron chi connectivity index (χ2n) is 3.60. The van der Waals surface area contributed by atoms with Gasteiger partial charge in [-0.25, -0.2) is 0 Å². The summed E-state index contributed by atoms with van der Waals surface area (Å²) >= 11 is 0. The van der Waals surface area contributed by atoms with Crippen molar-refractivity contribution in [3.8, 4) is 5.75 Å². The molecule has 0 saturated heterocycles. The van der Waals surface area contributed by atoms with E-state index in [0.717, 1.165) is 29.5 Å². The van der Waals surface area contributed by atoms with Gasteiger partial charge < -0.3 is 4.74 Å². The maximum atomic E-state index is 10.2. The van der Waals surface area contributed by atoms with Gasteiger partial charge >= 0.3 is 0 Å². The summed E-state index contributed by atoms with van der Waals surface area (Å²) in [7, 11) is 0. The highest BCUT2D eigenvalue weighted by atomic mass is 16.6. The van der Waals surface area contributed by atoms with Gasteiger partial charge in [0.25, 0.3) is 0 Å². The van der Waals surface area contributed by atoms with Crippen molar-refractivity contribution in [2.75, 3.05) is 0 Å². The SMILES string of the molecule is C[C@H]1Cc2cc(/C=C/[N+](=O)[O-])ccc2O1. The zero-order chi connectivity index (χ0) is 10.8. The highest BCUT2D eigenvalue weighted by Gasteiger charge is 2.18. The van der Waals surface area contributed by atoms with E-state index < -0.39 is 4.92 Å². The van der Waals surface area contributed by atoms with E-state index in [1.54, 1.807) is 0 Å². The van der Waals surface area contributed by atoms with Crippen molar-refractivity contribution in [1.29, 1.82) is 0 Å². The summed E-state index contributed by atoms with van der Waals surface area (Å²) in [4.78, 5) is 9.69. The van der Waals surface area contributed by atoms with Crippen molar-refractivity contribution in [3.05, 3.63) is 45.6 Å². The molecule has 0 radical (unpaired) electrons. The predicted molar refractivity (Wildman–Crippen MR) is 56.3 cm³/mol. The summed E-state index contributed by atoms with van der Waals surface area (Å²) in [6.07, 6.45) is 3.51. The van der Waals surface area contributed by atoms with Crippen molar-refractivity contribution in [2.24, 2.45) is 0 Å². The number of rotatable bonds is 2. The molecule has 1 aromatic rings. The van der Waals surface area contributed by atoms with E-state index in [1.807, 2.05) is 25.1 Å². The van der Waals surface area contributed by atoms with Crippen molar-refractivity contribution in [2.45, 2.75) is 19.4 Å². The predicted octanol–water partition coefficient (Wildman–Crippen LogP) is 2.26. The fourth-order valence-electron chi connectivity index (χ4n) is 1.69. The molecule has 0 amide bonds. The lowest BCUT2D eigenvalue weighted by atomic mass is 10.1. The average Bonchev–Trinajstić information content (AvgIpc) is 2.53. The molecule has 1 aliphatic rings. The Morgan fingerprint density at radius 1 is 1.60 bits per heavy atom. The first-order chi connectivity index (χ1) is 7.15. The average molecular weight is 205 g/mol. The van der Waals surface area contributed by atoms with Gasteiger partial charge in [-0.3, -0.25) is 10.1 Å². The van der Waals surface area contributed by atoms with Crippen molar-refractivity contribution in [3.63, 3.8) is 0 Å². The molecule has 0 N–H and O–H groups in total. The fourth-order valence-corrected chi connectivity index (χ4v) is 1.69. The van der Waals surface area contributed by atoms with E-state index in [4.69, 9.17) is 4.74 Å². The van der Waals surface area contributed by atoms with Crippen LogP contribution in [0, 0.1) is 10.1 Å². The van der Waals surface area contributed by atoms with Crippen molar-refractivity contribution < 1.29 is 9.66 Å². The van der Waals surface area contributed by atoms with E-state index in [2.05, 4.69) is 0 Å². The lowest BCUT2D eigenvalue weighted by Crippen LogP contribution is -2.05. The largest absolute Gasteiger partial charge is 0.490 e. The van der Waals surface area contributed by atoms with Gasteiger partial charge in [-0.2, -0.15) is 0 Å². The van der Waals surface area contributed by atoms with Crippen LogP contribution in [-0.2, 0) is 6.42 Å². The Bertz CT molecular complexity index is 426. The van der Waals surface area contributed by atoms with E-state index in [9.17, 15) is 10.1 Å². The van der Waals surface area contributed by atoms with E-state index in [-0.39, 0.29) is 6.10 Å². The third kappa shape index (κ3) is 2.15. The molecule has 0 aliphatic carbocycles. The molecule has 1 heterocycles. The summed E-state index contributed by atoms with van der Waals surface area (Å²) in [6, 6.07) is 5.61. The van der Waals surface area contributed by atoms with E-state index >= 15 is 0 Å². The molecule has 2 rings (SSSR count). The fraction of sp³-hybridized carbons (Fsp3) is 0.273. The van der Waals surface area contributed by atoms with Crippen LogP contribution in [0.5, 0.6) is 5.75 Å². The Labute approximate surface area is 87.3 Å². The highest BCUT2D eigenvalue weighted by Crippen LogP contribution is 2.29. The van der Waals surface area contributed by atoms with Crippen LogP contribution in [0.2, 0.25) is 0 Å². The molecular weight excluding hydrogens is 194 g/mol. The van der Waals surface area contributed by atoms with Crippen LogP contribution in [0.1, 0.15) is 18.1 Å². The Balaban J connectivity index is 2.23. The second kappa shape index (κ2) is 3.73. The topological polar surface area (TPSA) is 52.4 Å². The van der Waals surface area contributed by atoms with Crippen LogP contribution in [0.15, 0.2) is 24.4 Å². The smallest absolute Gasteiger partial charge is 0.235 e. The lowest BCUT2D eigenvalue weighted by Gasteiger charge is -2.01. The van der Waals surface area contributed by atoms with Crippen molar-refractivity contribution in [1.82, 2.24) is 0 Å². The molecule has 4 heteroatoms. The molecule has 4 nitrogen and oxygen atoms in total. The number of hydrogen-bond donors (Lipinski definition) is 0. The monoisotopic (exact) mass is 205 g/mol. The number of benzene rings is 1. The van der Waals surface area contributed by atoms with Gasteiger partial charge in [0, 0.05) is 12.5 Å². The second-order valence-corrected chi connectivity index (χ2v) is 3.60. The normalized spacial score (nSPS) is 18.9. The summed E-state index contributed by atoms with van der Waals surface area (Å²) in [5.41, 5.74) is 1.95. The van der Waals surface area contributed by atoms with E-state index in [1.165, 1.54) is 6.08 Å². The van der Waals surface area contributed by atoms with Gasteiger partial charge in [-0.15, -0.1) is 0 Å². The number of ether oxygens (including phenoxy) is 1. The maximum absolute atomic E-state index is 10.2. The standard InChI is InChI=1S/C11H11NO3/c1-8-6-10-7-9(4-5-12(13)14)2-3-11(10)15-8/h2-5,7-8H,6H2,1H3/b5-4+/t8-/m0/s1. The zero-order valence-electron chi connectivity index (χ0n) is 8.34. The molecule has 0 spiro atoms. The number of nitro groups is 1. The Morgan fingerprint density at radius 3 is 3.13 bits per heavy atom. The molecule has 0 fully saturated rings. The summed E-state index contributed by atoms with van der Waals surface area (Å²) in [6.45, 7) is 2.01. The van der Waals surface area contributed by atoms with Crippen LogP contribution in [0.25, 0.3) is 6.08 Å². The molecule has 1 aromatic carbocycles. The molecule has 1 atom stereocenters. The maximum Gasteiger partial charge on any atom is 0.235 e.